The Kier molecular flexibility index (Phi) is 3.74. The Morgan fingerprint density at radius 3 is 2.76 bits per heavy atom. The summed E-state index contributed by atoms with van der Waals surface area (Å²) in [5, 5.41) is 2.76. The highest BCUT2D eigenvalue weighted by molar-refractivity contribution is 14.1. The van der Waals surface area contributed by atoms with E-state index in [2.05, 4.69) is 27.9 Å². The van der Waals surface area contributed by atoms with E-state index < -0.39 is 18.8 Å². The van der Waals surface area contributed by atoms with Gasteiger partial charge < -0.3 is 4.74 Å². The summed E-state index contributed by atoms with van der Waals surface area (Å²) in [6, 6.07) is 1.76. The van der Waals surface area contributed by atoms with E-state index in [1.165, 1.54) is 0 Å². The predicted molar refractivity (Wildman–Crippen MR) is 66.3 cm³/mol. The van der Waals surface area contributed by atoms with Gasteiger partial charge in [-0.15, -0.1) is 0 Å². The minimum absolute atomic E-state index is 0.0933. The maximum Gasteiger partial charge on any atom is 0.407 e. The predicted octanol–water partition coefficient (Wildman–Crippen LogP) is 3.36. The second kappa shape index (κ2) is 4.81. The van der Waals surface area contributed by atoms with Gasteiger partial charge in [-0.2, -0.15) is 13.2 Å². The molecule has 0 saturated heterocycles. The molecule has 2 rings (SSSR count). The van der Waals surface area contributed by atoms with E-state index in [-0.39, 0.29) is 6.54 Å². The van der Waals surface area contributed by atoms with Crippen molar-refractivity contribution in [1.82, 2.24) is 5.32 Å². The molecule has 0 saturated carbocycles. The minimum atomic E-state index is -4.32. The Balaban J connectivity index is 2.27. The van der Waals surface area contributed by atoms with Crippen LogP contribution in [0.1, 0.15) is 5.56 Å². The second-order valence-electron chi connectivity index (χ2n) is 3.66. The summed E-state index contributed by atoms with van der Waals surface area (Å²) >= 11 is 8.00. The molecule has 0 aliphatic carbocycles. The van der Waals surface area contributed by atoms with Gasteiger partial charge >= 0.3 is 6.18 Å². The Bertz CT molecular complexity index is 438. The summed E-state index contributed by atoms with van der Waals surface area (Å²) in [5.74, 6) is 0.339. The van der Waals surface area contributed by atoms with Crippen molar-refractivity contribution in [2.24, 2.45) is 0 Å². The van der Waals surface area contributed by atoms with Crippen LogP contribution in [0.5, 0.6) is 5.75 Å². The van der Waals surface area contributed by atoms with Crippen molar-refractivity contribution in [3.63, 3.8) is 0 Å². The van der Waals surface area contributed by atoms with Gasteiger partial charge in [0.05, 0.1) is 5.02 Å². The van der Waals surface area contributed by atoms with E-state index in [4.69, 9.17) is 16.3 Å². The molecule has 1 aliphatic heterocycles. The summed E-state index contributed by atoms with van der Waals surface area (Å²) in [7, 11) is 0. The normalized spacial score (nSPS) is 20.4. The number of hydrogen-bond acceptors (Lipinski definition) is 2. The highest BCUT2D eigenvalue weighted by Gasteiger charge is 2.41. The van der Waals surface area contributed by atoms with E-state index in [9.17, 15) is 13.2 Å². The van der Waals surface area contributed by atoms with Gasteiger partial charge in [0.15, 0.2) is 0 Å². The smallest absolute Gasteiger partial charge is 0.407 e. The van der Waals surface area contributed by atoms with Gasteiger partial charge in [-0.1, -0.05) is 11.6 Å². The first-order valence-electron chi connectivity index (χ1n) is 4.79. The van der Waals surface area contributed by atoms with Gasteiger partial charge in [0, 0.05) is 15.7 Å². The molecule has 0 amide bonds. The number of ether oxygens (including phenoxy) is 1. The Hall–Kier alpha value is -0.210. The molecular formula is C10H8ClF3INO. The Labute approximate surface area is 115 Å². The molecule has 1 heterocycles. The fourth-order valence-corrected chi connectivity index (χ4v) is 2.74. The lowest BCUT2D eigenvalue weighted by atomic mass is 10.2. The van der Waals surface area contributed by atoms with Crippen LogP contribution in [0.15, 0.2) is 12.1 Å². The summed E-state index contributed by atoms with van der Waals surface area (Å²) in [5.41, 5.74) is 0.647. The first-order chi connectivity index (χ1) is 7.88. The molecule has 0 aromatic heterocycles. The van der Waals surface area contributed by atoms with Crippen molar-refractivity contribution in [2.75, 3.05) is 6.61 Å². The zero-order valence-corrected chi connectivity index (χ0v) is 11.4. The number of fused-ring (bicyclic) bond motifs is 1. The minimum Gasteiger partial charge on any atom is -0.490 e. The molecule has 0 radical (unpaired) electrons. The third-order valence-electron chi connectivity index (χ3n) is 2.41. The molecule has 1 aromatic carbocycles. The SMILES string of the molecule is FC(F)(F)C1COc2c(Cl)cc(I)cc2CN1. The molecule has 1 aliphatic rings. The average Bonchev–Trinajstić information content (AvgIpc) is 2.38. The summed E-state index contributed by atoms with van der Waals surface area (Å²) in [4.78, 5) is 0. The zero-order chi connectivity index (χ0) is 12.6. The third-order valence-corrected chi connectivity index (χ3v) is 3.32. The van der Waals surface area contributed by atoms with Gasteiger partial charge in [-0.25, -0.2) is 0 Å². The van der Waals surface area contributed by atoms with Crippen molar-refractivity contribution in [3.8, 4) is 5.75 Å². The molecule has 2 nitrogen and oxygen atoms in total. The largest absolute Gasteiger partial charge is 0.490 e. The van der Waals surface area contributed by atoms with Gasteiger partial charge in [-0.3, -0.25) is 5.32 Å². The maximum atomic E-state index is 12.5. The number of alkyl halides is 3. The fourth-order valence-electron chi connectivity index (χ4n) is 1.58. The highest BCUT2D eigenvalue weighted by atomic mass is 127. The molecular weight excluding hydrogens is 369 g/mol. The van der Waals surface area contributed by atoms with Crippen LogP contribution in [0.3, 0.4) is 0 Å². The quantitative estimate of drug-likeness (QED) is 0.700. The van der Waals surface area contributed by atoms with Gasteiger partial charge in [-0.05, 0) is 34.7 Å². The Morgan fingerprint density at radius 1 is 1.41 bits per heavy atom. The monoisotopic (exact) mass is 377 g/mol. The molecule has 1 aromatic rings. The molecule has 7 heteroatoms. The van der Waals surface area contributed by atoms with E-state index in [1.54, 1.807) is 12.1 Å². The molecule has 94 valence electrons. The topological polar surface area (TPSA) is 21.3 Å². The zero-order valence-electron chi connectivity index (χ0n) is 8.44. The van der Waals surface area contributed by atoms with E-state index >= 15 is 0 Å². The van der Waals surface area contributed by atoms with Crippen LogP contribution in [0.2, 0.25) is 5.02 Å². The molecule has 1 atom stereocenters. The lowest BCUT2D eigenvalue weighted by Crippen LogP contribution is -2.44. The van der Waals surface area contributed by atoms with Crippen LogP contribution in [-0.4, -0.2) is 18.8 Å². The molecule has 1 N–H and O–H groups in total. The first kappa shape index (κ1) is 13.2. The second-order valence-corrected chi connectivity index (χ2v) is 5.31. The number of halogens is 5. The van der Waals surface area contributed by atoms with Crippen LogP contribution in [0, 0.1) is 3.57 Å². The van der Waals surface area contributed by atoms with E-state index in [0.717, 1.165) is 3.57 Å². The van der Waals surface area contributed by atoms with Crippen molar-refractivity contribution >= 4 is 34.2 Å². The molecule has 17 heavy (non-hydrogen) atoms. The lowest BCUT2D eigenvalue weighted by molar-refractivity contribution is -0.161. The number of rotatable bonds is 0. The van der Waals surface area contributed by atoms with Gasteiger partial charge in [0.2, 0.25) is 0 Å². The van der Waals surface area contributed by atoms with E-state index in [0.29, 0.717) is 16.3 Å². The van der Waals surface area contributed by atoms with Gasteiger partial charge in [0.25, 0.3) is 0 Å². The summed E-state index contributed by atoms with van der Waals surface area (Å²) in [6.45, 7) is -0.368. The van der Waals surface area contributed by atoms with Crippen molar-refractivity contribution in [2.45, 2.75) is 18.8 Å². The van der Waals surface area contributed by atoms with Crippen molar-refractivity contribution < 1.29 is 17.9 Å². The van der Waals surface area contributed by atoms with Gasteiger partial charge in [0.1, 0.15) is 18.4 Å². The standard InChI is InChI=1S/C10H8ClF3INO/c11-7-2-6(15)1-5-3-16-8(10(12,13)14)4-17-9(5)7/h1-2,8,16H,3-4H2. The van der Waals surface area contributed by atoms with Crippen LogP contribution in [0.4, 0.5) is 13.2 Å². The molecule has 0 fully saturated rings. The van der Waals surface area contributed by atoms with Crippen molar-refractivity contribution in [1.29, 1.82) is 0 Å². The number of nitrogens with one attached hydrogen (secondary N) is 1. The van der Waals surface area contributed by atoms with Crippen molar-refractivity contribution in [3.05, 3.63) is 26.3 Å². The first-order valence-corrected chi connectivity index (χ1v) is 6.24. The fraction of sp³-hybridized carbons (Fsp3) is 0.400. The summed E-state index contributed by atoms with van der Waals surface area (Å²) < 4.78 is 43.7. The third kappa shape index (κ3) is 2.97. The molecule has 0 spiro atoms. The highest BCUT2D eigenvalue weighted by Crippen LogP contribution is 2.34. The van der Waals surface area contributed by atoms with Crippen LogP contribution in [-0.2, 0) is 6.54 Å². The van der Waals surface area contributed by atoms with Crippen LogP contribution in [0.25, 0.3) is 0 Å². The average molecular weight is 378 g/mol. The number of benzene rings is 1. The van der Waals surface area contributed by atoms with E-state index in [1.807, 2.05) is 0 Å². The molecule has 0 bridgehead atoms. The summed E-state index contributed by atoms with van der Waals surface area (Å²) in [6.07, 6.45) is -4.32. The van der Waals surface area contributed by atoms with Crippen LogP contribution < -0.4 is 10.1 Å². The molecule has 1 unspecified atom stereocenters. The van der Waals surface area contributed by atoms with Crippen LogP contribution >= 0.6 is 34.2 Å². The Morgan fingerprint density at radius 2 is 2.12 bits per heavy atom. The lowest BCUT2D eigenvalue weighted by Gasteiger charge is -2.18. The maximum absolute atomic E-state index is 12.5. The number of hydrogen-bond donors (Lipinski definition) is 1.